The number of amides is 3. The van der Waals surface area contributed by atoms with Gasteiger partial charge in [0.1, 0.15) is 16.4 Å². The fraction of sp³-hybridized carbons (Fsp3) is 0.179. The summed E-state index contributed by atoms with van der Waals surface area (Å²) < 4.78 is 10.3. The molecule has 0 saturated carbocycles. The molecule has 0 bridgehead atoms. The van der Waals surface area contributed by atoms with Gasteiger partial charge in [0.05, 0.1) is 17.7 Å². The molecule has 0 aliphatic carbocycles. The van der Waals surface area contributed by atoms with Gasteiger partial charge in [0.15, 0.2) is 0 Å². The number of imide groups is 1. The molecule has 3 aromatic carbocycles. The fourth-order valence-corrected chi connectivity index (χ4v) is 5.18. The van der Waals surface area contributed by atoms with Crippen molar-refractivity contribution in [2.75, 3.05) is 38.0 Å². The van der Waals surface area contributed by atoms with Crippen molar-refractivity contribution in [1.82, 2.24) is 4.90 Å². The maximum absolute atomic E-state index is 13.3. The lowest BCUT2D eigenvalue weighted by Gasteiger charge is -2.14. The Kier molecular flexibility index (Phi) is 9.53. The minimum Gasteiger partial charge on any atom is -0.497 e. The first kappa shape index (κ1) is 28.5. The van der Waals surface area contributed by atoms with Gasteiger partial charge < -0.3 is 20.1 Å². The van der Waals surface area contributed by atoms with Crippen molar-refractivity contribution in [3.05, 3.63) is 92.9 Å². The number of halogens is 2. The smallest absolute Gasteiger partial charge is 0.278 e. The van der Waals surface area contributed by atoms with Crippen molar-refractivity contribution in [3.8, 4) is 5.75 Å². The summed E-state index contributed by atoms with van der Waals surface area (Å²) in [5.41, 5.74) is 1.67. The maximum atomic E-state index is 13.3. The van der Waals surface area contributed by atoms with Crippen molar-refractivity contribution >= 4 is 64.1 Å². The number of hydrogen-bond acceptors (Lipinski definition) is 7. The Morgan fingerprint density at radius 3 is 2.26 bits per heavy atom. The third kappa shape index (κ3) is 6.93. The van der Waals surface area contributed by atoms with E-state index in [-0.39, 0.29) is 34.0 Å². The van der Waals surface area contributed by atoms with Crippen LogP contribution in [0.2, 0.25) is 10.0 Å². The second-order valence-electron chi connectivity index (χ2n) is 8.37. The van der Waals surface area contributed by atoms with Crippen molar-refractivity contribution in [2.24, 2.45) is 0 Å². The molecule has 0 unspecified atom stereocenters. The van der Waals surface area contributed by atoms with E-state index in [1.165, 1.54) is 22.7 Å². The first-order chi connectivity index (χ1) is 18.8. The molecule has 0 fully saturated rings. The van der Waals surface area contributed by atoms with Crippen LogP contribution in [0.15, 0.2) is 82.2 Å². The molecule has 3 aromatic rings. The Bertz CT molecular complexity index is 1410. The summed E-state index contributed by atoms with van der Waals surface area (Å²) >= 11 is 13.2. The molecule has 0 radical (unpaired) electrons. The van der Waals surface area contributed by atoms with Crippen LogP contribution in [0, 0.1) is 0 Å². The number of methoxy groups -OCH3 is 2. The van der Waals surface area contributed by atoms with Gasteiger partial charge >= 0.3 is 0 Å². The number of ether oxygens (including phenoxy) is 2. The molecular formula is C28H25Cl2N3O5S. The van der Waals surface area contributed by atoms with E-state index in [0.29, 0.717) is 45.6 Å². The van der Waals surface area contributed by atoms with E-state index in [4.69, 9.17) is 32.7 Å². The first-order valence-corrected chi connectivity index (χ1v) is 13.4. The van der Waals surface area contributed by atoms with Crippen molar-refractivity contribution in [1.29, 1.82) is 0 Å². The van der Waals surface area contributed by atoms with Crippen LogP contribution in [0.25, 0.3) is 0 Å². The van der Waals surface area contributed by atoms with Gasteiger partial charge in [-0.25, -0.2) is 0 Å². The average Bonchev–Trinajstić information content (AvgIpc) is 3.14. The molecule has 0 atom stereocenters. The van der Waals surface area contributed by atoms with Gasteiger partial charge in [0.25, 0.3) is 17.7 Å². The molecule has 0 aromatic heterocycles. The summed E-state index contributed by atoms with van der Waals surface area (Å²) in [5, 5.41) is 6.58. The number of nitrogens with one attached hydrogen (secondary N) is 2. The van der Waals surface area contributed by atoms with Crippen LogP contribution < -0.4 is 15.4 Å². The van der Waals surface area contributed by atoms with Crippen LogP contribution in [0.1, 0.15) is 16.8 Å². The van der Waals surface area contributed by atoms with E-state index >= 15 is 0 Å². The van der Waals surface area contributed by atoms with Gasteiger partial charge in [0, 0.05) is 41.6 Å². The van der Waals surface area contributed by atoms with Crippen LogP contribution >= 0.6 is 35.0 Å². The lowest BCUT2D eigenvalue weighted by Crippen LogP contribution is -2.33. The molecule has 0 saturated heterocycles. The second-order valence-corrected chi connectivity index (χ2v) is 10.3. The highest BCUT2D eigenvalue weighted by Crippen LogP contribution is 2.36. The van der Waals surface area contributed by atoms with E-state index in [1.54, 1.807) is 74.9 Å². The number of hydrogen-bond donors (Lipinski definition) is 2. The predicted molar refractivity (Wildman–Crippen MR) is 154 cm³/mol. The lowest BCUT2D eigenvalue weighted by molar-refractivity contribution is -0.137. The molecule has 8 nitrogen and oxygen atoms in total. The van der Waals surface area contributed by atoms with Gasteiger partial charge in [-0.3, -0.25) is 19.3 Å². The largest absolute Gasteiger partial charge is 0.497 e. The molecule has 3 amide bonds. The van der Waals surface area contributed by atoms with E-state index in [0.717, 1.165) is 0 Å². The van der Waals surface area contributed by atoms with E-state index in [1.807, 2.05) is 0 Å². The number of rotatable bonds is 11. The molecular weight excluding hydrogens is 561 g/mol. The summed E-state index contributed by atoms with van der Waals surface area (Å²) in [4.78, 5) is 41.4. The molecule has 0 spiro atoms. The van der Waals surface area contributed by atoms with Crippen molar-refractivity contribution < 1.29 is 23.9 Å². The van der Waals surface area contributed by atoms with Crippen LogP contribution in [-0.4, -0.2) is 50.0 Å². The van der Waals surface area contributed by atoms with Gasteiger partial charge in [-0.05, 0) is 73.2 Å². The summed E-state index contributed by atoms with van der Waals surface area (Å²) in [6.07, 6.45) is 0.522. The topological polar surface area (TPSA) is 97.0 Å². The molecule has 4 rings (SSSR count). The zero-order valence-electron chi connectivity index (χ0n) is 21.1. The quantitative estimate of drug-likeness (QED) is 0.208. The van der Waals surface area contributed by atoms with Crippen molar-refractivity contribution in [2.45, 2.75) is 11.3 Å². The number of anilines is 2. The number of nitrogens with zero attached hydrogens (tertiary/aromatic N) is 1. The lowest BCUT2D eigenvalue weighted by atomic mass is 10.2. The third-order valence-corrected chi connectivity index (χ3v) is 7.36. The highest BCUT2D eigenvalue weighted by molar-refractivity contribution is 8.04. The summed E-state index contributed by atoms with van der Waals surface area (Å²) in [7, 11) is 3.14. The normalized spacial score (nSPS) is 13.2. The number of carbonyl (C=O) groups excluding carboxylic acids is 3. The minimum atomic E-state index is -0.404. The Morgan fingerprint density at radius 1 is 0.923 bits per heavy atom. The number of benzene rings is 3. The Morgan fingerprint density at radius 2 is 1.62 bits per heavy atom. The van der Waals surface area contributed by atoms with Crippen molar-refractivity contribution in [3.63, 3.8) is 0 Å². The zero-order chi connectivity index (χ0) is 27.9. The summed E-state index contributed by atoms with van der Waals surface area (Å²) in [6, 6.07) is 18.6. The van der Waals surface area contributed by atoms with Gasteiger partial charge in [-0.2, -0.15) is 0 Å². The highest BCUT2D eigenvalue weighted by atomic mass is 35.5. The molecule has 11 heteroatoms. The van der Waals surface area contributed by atoms with Crippen LogP contribution in [0.3, 0.4) is 0 Å². The average molecular weight is 586 g/mol. The van der Waals surface area contributed by atoms with Crippen LogP contribution in [0.5, 0.6) is 5.75 Å². The molecule has 1 aliphatic rings. The molecule has 1 heterocycles. The van der Waals surface area contributed by atoms with E-state index in [2.05, 4.69) is 10.6 Å². The van der Waals surface area contributed by atoms with E-state index < -0.39 is 5.91 Å². The molecule has 1 aliphatic heterocycles. The first-order valence-electron chi connectivity index (χ1n) is 11.9. The zero-order valence-corrected chi connectivity index (χ0v) is 23.5. The van der Waals surface area contributed by atoms with Crippen LogP contribution in [-0.2, 0) is 14.3 Å². The minimum absolute atomic E-state index is 0.197. The maximum Gasteiger partial charge on any atom is 0.278 e. The number of carbonyl (C=O) groups is 3. The SMILES string of the molecule is COCCCN1C(=O)C(Nc2ccc(OC)cc2)=C(Sc2ccc(NC(=O)c3ccc(Cl)cc3Cl)cc2)C1=O. The van der Waals surface area contributed by atoms with Gasteiger partial charge in [-0.1, -0.05) is 35.0 Å². The third-order valence-electron chi connectivity index (χ3n) is 5.72. The molecule has 2 N–H and O–H groups in total. The predicted octanol–water partition coefficient (Wildman–Crippen LogP) is 6.08. The number of thioether (sulfide) groups is 1. The van der Waals surface area contributed by atoms with E-state index in [9.17, 15) is 14.4 Å². The summed E-state index contributed by atoms with van der Waals surface area (Å²) in [6.45, 7) is 0.663. The second kappa shape index (κ2) is 13.0. The standard InChI is InChI=1S/C28H25Cl2N3O5S/c1-37-15-3-14-33-27(35)24(31-18-5-9-20(38-2)10-6-18)25(28(33)36)39-21-11-7-19(8-12-21)32-26(34)22-13-4-17(29)16-23(22)30/h4-13,16,31H,3,14-15H2,1-2H3,(H,32,34). The highest BCUT2D eigenvalue weighted by Gasteiger charge is 2.38. The Balaban J connectivity index is 1.53. The Hall–Kier alpha value is -3.50. The summed E-state index contributed by atoms with van der Waals surface area (Å²) in [5.74, 6) is -0.497. The van der Waals surface area contributed by atoms with Gasteiger partial charge in [0.2, 0.25) is 0 Å². The molecule has 202 valence electrons. The monoisotopic (exact) mass is 585 g/mol. The Labute approximate surface area is 240 Å². The van der Waals surface area contributed by atoms with Crippen LogP contribution in [0.4, 0.5) is 11.4 Å². The fourth-order valence-electron chi connectivity index (χ4n) is 3.74. The molecule has 39 heavy (non-hydrogen) atoms. The van der Waals surface area contributed by atoms with Gasteiger partial charge in [-0.15, -0.1) is 0 Å².